The van der Waals surface area contributed by atoms with E-state index in [0.29, 0.717) is 5.92 Å². The van der Waals surface area contributed by atoms with Crippen LogP contribution in [0.1, 0.15) is 49.9 Å². The first-order chi connectivity index (χ1) is 31.3. The van der Waals surface area contributed by atoms with Gasteiger partial charge in [-0.1, -0.05) is 179 Å². The van der Waals surface area contributed by atoms with Gasteiger partial charge in [-0.15, -0.1) is 0 Å². The summed E-state index contributed by atoms with van der Waals surface area (Å²) in [6, 6.07) is 76.4. The van der Waals surface area contributed by atoms with Gasteiger partial charge in [-0.25, -0.2) is 0 Å². The summed E-state index contributed by atoms with van der Waals surface area (Å²) in [6.07, 6.45) is 4.94. The lowest BCUT2D eigenvalue weighted by Gasteiger charge is -2.43. The molecule has 2 heteroatoms. The fourth-order valence-corrected chi connectivity index (χ4v) is 11.9. The van der Waals surface area contributed by atoms with E-state index in [4.69, 9.17) is 0 Å². The Hall–Kier alpha value is -7.42. The Morgan fingerprint density at radius 2 is 0.953 bits per heavy atom. The highest BCUT2D eigenvalue weighted by Crippen LogP contribution is 2.63. The van der Waals surface area contributed by atoms with E-state index in [-0.39, 0.29) is 16.7 Å². The van der Waals surface area contributed by atoms with Crippen molar-refractivity contribution in [1.82, 2.24) is 0 Å². The molecule has 0 heterocycles. The molecule has 0 aliphatic heterocycles. The molecule has 0 amide bonds. The van der Waals surface area contributed by atoms with Gasteiger partial charge in [0.25, 0.3) is 0 Å². The molecule has 3 aliphatic rings. The fraction of sp³-hybridized carbons (Fsp3) is 0.129. The molecule has 3 unspecified atom stereocenters. The van der Waals surface area contributed by atoms with E-state index >= 15 is 0 Å². The van der Waals surface area contributed by atoms with E-state index in [1.54, 1.807) is 0 Å². The molecule has 2 nitrogen and oxygen atoms in total. The second kappa shape index (κ2) is 14.6. The Morgan fingerprint density at radius 1 is 0.406 bits per heavy atom. The third-order valence-corrected chi connectivity index (χ3v) is 14.8. The number of fused-ring (bicyclic) bond motifs is 8. The Balaban J connectivity index is 1.07. The molecule has 0 bridgehead atoms. The first kappa shape index (κ1) is 38.3. The lowest BCUT2D eigenvalue weighted by atomic mass is 9.59. The molecule has 3 atom stereocenters. The Morgan fingerprint density at radius 3 is 1.66 bits per heavy atom. The molecule has 0 fully saturated rings. The molecule has 0 spiro atoms. The van der Waals surface area contributed by atoms with Crippen molar-refractivity contribution in [2.45, 2.75) is 38.5 Å². The van der Waals surface area contributed by atoms with Gasteiger partial charge in [0, 0.05) is 50.6 Å². The van der Waals surface area contributed by atoms with Crippen LogP contribution >= 0.6 is 0 Å². The lowest BCUT2D eigenvalue weighted by molar-refractivity contribution is 0.360. The maximum Gasteiger partial charge on any atom is 0.0546 e. The number of nitrogens with zero attached hydrogens (tertiary/aromatic N) is 2. The van der Waals surface area contributed by atoms with Crippen molar-refractivity contribution in [2.75, 3.05) is 9.80 Å². The third-order valence-electron chi connectivity index (χ3n) is 14.8. The van der Waals surface area contributed by atoms with Crippen LogP contribution in [0.3, 0.4) is 0 Å². The molecule has 0 N–H and O–H groups in total. The van der Waals surface area contributed by atoms with Gasteiger partial charge in [0.15, 0.2) is 0 Å². The molecule has 12 rings (SSSR count). The highest BCUT2D eigenvalue weighted by atomic mass is 15.2. The van der Waals surface area contributed by atoms with Crippen LogP contribution in [0.4, 0.5) is 34.1 Å². The quantitative estimate of drug-likeness (QED) is 0.148. The minimum absolute atomic E-state index is 0.0660. The maximum absolute atomic E-state index is 2.54. The minimum atomic E-state index is -0.296. The number of hydrogen-bond acceptors (Lipinski definition) is 2. The SMILES string of the molecule is CC1C=CC2=C(c3ccccc3C2(C)C)C1C1(C)c2ccccc2-c2ccc(N(c3ccccc3)c3ccc4c(N(c5ccccc5)c5ccccc5)cc5ccccc5c4c3)cc21. The number of benzene rings is 9. The van der Waals surface area contributed by atoms with E-state index in [1.807, 2.05) is 0 Å². The first-order valence-corrected chi connectivity index (χ1v) is 22.8. The molecule has 9 aromatic carbocycles. The van der Waals surface area contributed by atoms with E-state index in [0.717, 1.165) is 34.1 Å². The number of para-hydroxylation sites is 3. The van der Waals surface area contributed by atoms with E-state index in [2.05, 4.69) is 256 Å². The predicted octanol–water partition coefficient (Wildman–Crippen LogP) is 16.8. The van der Waals surface area contributed by atoms with Crippen LogP contribution < -0.4 is 9.80 Å². The van der Waals surface area contributed by atoms with E-state index in [1.165, 1.54) is 66.1 Å². The summed E-state index contributed by atoms with van der Waals surface area (Å²) in [5.41, 5.74) is 17.8. The van der Waals surface area contributed by atoms with Crippen molar-refractivity contribution in [3.63, 3.8) is 0 Å². The van der Waals surface area contributed by atoms with Gasteiger partial charge >= 0.3 is 0 Å². The van der Waals surface area contributed by atoms with E-state index < -0.39 is 0 Å². The normalized spacial score (nSPS) is 19.0. The van der Waals surface area contributed by atoms with Crippen molar-refractivity contribution in [3.05, 3.63) is 246 Å². The molecular weight excluding hydrogens is 773 g/mol. The van der Waals surface area contributed by atoms with Crippen LogP contribution in [0.5, 0.6) is 0 Å². The van der Waals surface area contributed by atoms with Crippen LogP contribution in [-0.4, -0.2) is 0 Å². The van der Waals surface area contributed by atoms with Gasteiger partial charge < -0.3 is 9.80 Å². The molecule has 0 radical (unpaired) electrons. The van der Waals surface area contributed by atoms with Gasteiger partial charge in [-0.05, 0) is 133 Å². The molecule has 0 aromatic heterocycles. The zero-order valence-corrected chi connectivity index (χ0v) is 36.8. The smallest absolute Gasteiger partial charge is 0.0546 e. The summed E-state index contributed by atoms with van der Waals surface area (Å²) in [5, 5.41) is 4.85. The van der Waals surface area contributed by atoms with Gasteiger partial charge in [0.05, 0.1) is 5.69 Å². The highest BCUT2D eigenvalue weighted by molar-refractivity contribution is 6.15. The zero-order chi connectivity index (χ0) is 43.2. The van der Waals surface area contributed by atoms with Crippen LogP contribution in [0.2, 0.25) is 0 Å². The fourth-order valence-electron chi connectivity index (χ4n) is 11.9. The van der Waals surface area contributed by atoms with Gasteiger partial charge in [0.1, 0.15) is 0 Å². The summed E-state index contributed by atoms with van der Waals surface area (Å²) in [4.78, 5) is 4.87. The average Bonchev–Trinajstić information content (AvgIpc) is 3.73. The van der Waals surface area contributed by atoms with Crippen molar-refractivity contribution >= 4 is 61.2 Å². The zero-order valence-electron chi connectivity index (χ0n) is 36.8. The monoisotopic (exact) mass is 822 g/mol. The minimum Gasteiger partial charge on any atom is -0.310 e. The van der Waals surface area contributed by atoms with Crippen LogP contribution in [0.15, 0.2) is 224 Å². The summed E-state index contributed by atoms with van der Waals surface area (Å²) in [7, 11) is 0. The van der Waals surface area contributed by atoms with E-state index in [9.17, 15) is 0 Å². The largest absolute Gasteiger partial charge is 0.310 e. The topological polar surface area (TPSA) is 6.48 Å². The van der Waals surface area contributed by atoms with Crippen molar-refractivity contribution in [3.8, 4) is 11.1 Å². The molecule has 0 saturated heterocycles. The Kier molecular flexibility index (Phi) is 8.72. The molecule has 0 saturated carbocycles. The molecule has 3 aliphatic carbocycles. The summed E-state index contributed by atoms with van der Waals surface area (Å²) < 4.78 is 0. The van der Waals surface area contributed by atoms with Crippen molar-refractivity contribution in [2.24, 2.45) is 11.8 Å². The summed E-state index contributed by atoms with van der Waals surface area (Å²) in [5.74, 6) is 0.564. The van der Waals surface area contributed by atoms with Crippen molar-refractivity contribution in [1.29, 1.82) is 0 Å². The highest BCUT2D eigenvalue weighted by Gasteiger charge is 2.53. The second-order valence-electron chi connectivity index (χ2n) is 18.7. The number of anilines is 6. The van der Waals surface area contributed by atoms with Crippen LogP contribution in [-0.2, 0) is 10.8 Å². The molecule has 308 valence electrons. The maximum atomic E-state index is 2.54. The Bertz CT molecular complexity index is 3300. The Labute approximate surface area is 377 Å². The molecule has 9 aromatic rings. The standard InChI is InChI=1S/C62H50N2/c1-41-32-37-56-59(52-29-17-18-30-54(52)61(56,2)3)60(41)62(4)55-31-19-16-28-49(55)50-35-33-47(40-57(50)62)63(43-21-8-5-9-22-43)46-34-36-51-53(39-46)48-27-15-14-20-42(48)38-58(51)64(44-23-10-6-11-24-44)45-25-12-7-13-26-45/h5-41,60H,1-4H3. The van der Waals surface area contributed by atoms with Gasteiger partial charge in [-0.2, -0.15) is 0 Å². The number of allylic oxidation sites excluding steroid dienone is 4. The lowest BCUT2D eigenvalue weighted by Crippen LogP contribution is -2.37. The number of hydrogen-bond donors (Lipinski definition) is 0. The second-order valence-corrected chi connectivity index (χ2v) is 18.7. The predicted molar refractivity (Wildman–Crippen MR) is 271 cm³/mol. The molecule has 64 heavy (non-hydrogen) atoms. The van der Waals surface area contributed by atoms with Gasteiger partial charge in [-0.3, -0.25) is 0 Å². The summed E-state index contributed by atoms with van der Waals surface area (Å²) in [6.45, 7) is 9.81. The molecular formula is C62H50N2. The van der Waals surface area contributed by atoms with Gasteiger partial charge in [0.2, 0.25) is 0 Å². The third kappa shape index (κ3) is 5.65. The average molecular weight is 823 g/mol. The van der Waals surface area contributed by atoms with Crippen LogP contribution in [0.25, 0.3) is 38.2 Å². The van der Waals surface area contributed by atoms with Crippen molar-refractivity contribution < 1.29 is 0 Å². The van der Waals surface area contributed by atoms with Crippen LogP contribution in [0, 0.1) is 11.8 Å². The first-order valence-electron chi connectivity index (χ1n) is 22.8. The number of rotatable bonds is 7. The summed E-state index contributed by atoms with van der Waals surface area (Å²) >= 11 is 0.